The van der Waals surface area contributed by atoms with Crippen LogP contribution in [0.25, 0.3) is 0 Å². The minimum Gasteiger partial charge on any atom is -0.308 e. The van der Waals surface area contributed by atoms with E-state index in [1.54, 1.807) is 11.8 Å². The Hall–Kier alpha value is -0.290. The molecule has 21 heavy (non-hydrogen) atoms. The fraction of sp³-hybridized carbons (Fsp3) is 0.294. The van der Waals surface area contributed by atoms with Gasteiger partial charge in [-0.05, 0) is 56.7 Å². The number of benzene rings is 2. The van der Waals surface area contributed by atoms with Gasteiger partial charge in [-0.2, -0.15) is 0 Å². The van der Waals surface area contributed by atoms with Crippen molar-refractivity contribution in [2.24, 2.45) is 0 Å². The molecule has 2 aromatic carbocycles. The summed E-state index contributed by atoms with van der Waals surface area (Å²) in [6.07, 6.45) is 0. The molecular weight excluding hydrogens is 410 g/mol. The number of halogens is 2. The van der Waals surface area contributed by atoms with E-state index < -0.39 is 0 Å². The van der Waals surface area contributed by atoms with Gasteiger partial charge in [0.1, 0.15) is 0 Å². The first-order valence-electron chi connectivity index (χ1n) is 6.80. The van der Waals surface area contributed by atoms with Crippen molar-refractivity contribution in [1.82, 2.24) is 5.32 Å². The van der Waals surface area contributed by atoms with Crippen LogP contribution in [-0.4, -0.2) is 5.54 Å². The van der Waals surface area contributed by atoms with Crippen molar-refractivity contribution in [3.63, 3.8) is 0 Å². The molecule has 1 nitrogen and oxygen atoms in total. The van der Waals surface area contributed by atoms with E-state index in [1.807, 2.05) is 6.07 Å². The molecule has 4 heteroatoms. The largest absolute Gasteiger partial charge is 0.308 e. The van der Waals surface area contributed by atoms with Gasteiger partial charge >= 0.3 is 0 Å². The number of hydrogen-bond donors (Lipinski definition) is 1. The normalized spacial score (nSPS) is 11.7. The quantitative estimate of drug-likeness (QED) is 0.617. The summed E-state index contributed by atoms with van der Waals surface area (Å²) in [5.74, 6) is 0. The lowest BCUT2D eigenvalue weighted by Crippen LogP contribution is -2.35. The highest BCUT2D eigenvalue weighted by molar-refractivity contribution is 9.10. The second-order valence-corrected chi connectivity index (χ2v) is 8.86. The van der Waals surface area contributed by atoms with E-state index in [4.69, 9.17) is 0 Å². The topological polar surface area (TPSA) is 12.0 Å². The summed E-state index contributed by atoms with van der Waals surface area (Å²) in [5, 5.41) is 3.56. The van der Waals surface area contributed by atoms with Gasteiger partial charge in [0.15, 0.2) is 0 Å². The first-order chi connectivity index (χ1) is 9.83. The molecule has 0 saturated heterocycles. The molecule has 0 saturated carbocycles. The van der Waals surface area contributed by atoms with Crippen LogP contribution >= 0.6 is 43.6 Å². The minimum absolute atomic E-state index is 0.116. The maximum absolute atomic E-state index is 3.57. The Morgan fingerprint density at radius 3 is 2.38 bits per heavy atom. The van der Waals surface area contributed by atoms with Crippen LogP contribution in [0, 0.1) is 0 Å². The third-order valence-corrected chi connectivity index (χ3v) is 4.94. The fourth-order valence-electron chi connectivity index (χ4n) is 1.79. The second-order valence-electron chi connectivity index (χ2n) is 5.92. The first-order valence-corrected chi connectivity index (χ1v) is 9.21. The average Bonchev–Trinajstić information content (AvgIpc) is 2.36. The monoisotopic (exact) mass is 427 g/mol. The van der Waals surface area contributed by atoms with E-state index in [1.165, 1.54) is 15.4 Å². The molecule has 0 fully saturated rings. The van der Waals surface area contributed by atoms with E-state index >= 15 is 0 Å². The highest BCUT2D eigenvalue weighted by Crippen LogP contribution is 2.34. The average molecular weight is 429 g/mol. The van der Waals surface area contributed by atoms with E-state index in [0.29, 0.717) is 0 Å². The second kappa shape index (κ2) is 7.32. The standard InChI is InChI=1S/C17H19Br2NS/c1-17(2,3)20-11-12-7-8-14(19)10-16(12)21-15-6-4-5-13(18)9-15/h4-10,20H,11H2,1-3H3. The summed E-state index contributed by atoms with van der Waals surface area (Å²) in [6, 6.07) is 14.9. The van der Waals surface area contributed by atoms with Crippen LogP contribution in [-0.2, 0) is 6.54 Å². The summed E-state index contributed by atoms with van der Waals surface area (Å²) in [7, 11) is 0. The minimum atomic E-state index is 0.116. The Kier molecular flexibility index (Phi) is 5.95. The highest BCUT2D eigenvalue weighted by Gasteiger charge is 2.11. The third kappa shape index (κ3) is 5.78. The van der Waals surface area contributed by atoms with Gasteiger partial charge in [0.25, 0.3) is 0 Å². The van der Waals surface area contributed by atoms with Crippen LogP contribution in [0.1, 0.15) is 26.3 Å². The molecular formula is C17H19Br2NS. The molecule has 0 heterocycles. The Bertz CT molecular complexity index is 620. The van der Waals surface area contributed by atoms with Crippen molar-refractivity contribution in [1.29, 1.82) is 0 Å². The molecule has 0 amide bonds. The van der Waals surface area contributed by atoms with E-state index in [2.05, 4.69) is 94.3 Å². The van der Waals surface area contributed by atoms with Crippen LogP contribution in [0.2, 0.25) is 0 Å². The molecule has 0 radical (unpaired) electrons. The summed E-state index contributed by atoms with van der Waals surface area (Å²) in [4.78, 5) is 2.51. The summed E-state index contributed by atoms with van der Waals surface area (Å²) < 4.78 is 2.22. The van der Waals surface area contributed by atoms with Crippen LogP contribution < -0.4 is 5.32 Å². The van der Waals surface area contributed by atoms with Crippen LogP contribution in [0.3, 0.4) is 0 Å². The summed E-state index contributed by atoms with van der Waals surface area (Å²) in [6.45, 7) is 7.43. The highest BCUT2D eigenvalue weighted by atomic mass is 79.9. The van der Waals surface area contributed by atoms with Gasteiger partial charge in [0.05, 0.1) is 0 Å². The molecule has 112 valence electrons. The van der Waals surface area contributed by atoms with E-state index in [-0.39, 0.29) is 5.54 Å². The van der Waals surface area contributed by atoms with Crippen LogP contribution in [0.15, 0.2) is 61.2 Å². The molecule has 0 aliphatic carbocycles. The first kappa shape index (κ1) is 17.1. The van der Waals surface area contributed by atoms with Gasteiger partial charge in [-0.15, -0.1) is 0 Å². The molecule has 0 aliphatic rings. The smallest absolute Gasteiger partial charge is 0.0221 e. The molecule has 1 N–H and O–H groups in total. The molecule has 2 rings (SSSR count). The molecule has 0 unspecified atom stereocenters. The van der Waals surface area contributed by atoms with Crippen molar-refractivity contribution in [3.05, 3.63) is 57.0 Å². The molecule has 0 bridgehead atoms. The predicted molar refractivity (Wildman–Crippen MR) is 99.0 cm³/mol. The van der Waals surface area contributed by atoms with Crippen molar-refractivity contribution in [3.8, 4) is 0 Å². The Morgan fingerprint density at radius 1 is 1.00 bits per heavy atom. The lowest BCUT2D eigenvalue weighted by molar-refractivity contribution is 0.422. The van der Waals surface area contributed by atoms with Gasteiger partial charge in [0, 0.05) is 30.8 Å². The van der Waals surface area contributed by atoms with Crippen molar-refractivity contribution >= 4 is 43.6 Å². The third-order valence-electron chi connectivity index (χ3n) is 2.86. The van der Waals surface area contributed by atoms with Gasteiger partial charge < -0.3 is 5.32 Å². The Labute approximate surface area is 148 Å². The zero-order valence-electron chi connectivity index (χ0n) is 12.4. The van der Waals surface area contributed by atoms with E-state index in [0.717, 1.165) is 15.5 Å². The van der Waals surface area contributed by atoms with Gasteiger partial charge in [0.2, 0.25) is 0 Å². The van der Waals surface area contributed by atoms with Crippen LogP contribution in [0.4, 0.5) is 0 Å². The van der Waals surface area contributed by atoms with Crippen molar-refractivity contribution < 1.29 is 0 Å². The number of hydrogen-bond acceptors (Lipinski definition) is 2. The lowest BCUT2D eigenvalue weighted by atomic mass is 10.1. The molecule has 0 atom stereocenters. The Balaban J connectivity index is 2.23. The van der Waals surface area contributed by atoms with E-state index in [9.17, 15) is 0 Å². The van der Waals surface area contributed by atoms with Crippen molar-refractivity contribution in [2.45, 2.75) is 42.6 Å². The lowest BCUT2D eigenvalue weighted by Gasteiger charge is -2.21. The Morgan fingerprint density at radius 2 is 1.71 bits per heavy atom. The van der Waals surface area contributed by atoms with Gasteiger partial charge in [-0.25, -0.2) is 0 Å². The van der Waals surface area contributed by atoms with Crippen LogP contribution in [0.5, 0.6) is 0 Å². The summed E-state index contributed by atoms with van der Waals surface area (Å²) >= 11 is 8.90. The van der Waals surface area contributed by atoms with Gasteiger partial charge in [-0.3, -0.25) is 0 Å². The number of rotatable bonds is 4. The molecule has 0 aliphatic heterocycles. The maximum atomic E-state index is 3.57. The predicted octanol–water partition coefficient (Wildman–Crippen LogP) is 6.25. The van der Waals surface area contributed by atoms with Gasteiger partial charge in [-0.1, -0.05) is 55.8 Å². The maximum Gasteiger partial charge on any atom is 0.0221 e. The number of nitrogens with one attached hydrogen (secondary N) is 1. The SMILES string of the molecule is CC(C)(C)NCc1ccc(Br)cc1Sc1cccc(Br)c1. The molecule has 0 aromatic heterocycles. The molecule has 0 spiro atoms. The summed E-state index contributed by atoms with van der Waals surface area (Å²) in [5.41, 5.74) is 1.43. The zero-order valence-corrected chi connectivity index (χ0v) is 16.4. The zero-order chi connectivity index (χ0) is 15.5. The fourth-order valence-corrected chi connectivity index (χ4v) is 3.89. The molecule has 2 aromatic rings. The van der Waals surface area contributed by atoms with Crippen molar-refractivity contribution in [2.75, 3.05) is 0 Å².